The summed E-state index contributed by atoms with van der Waals surface area (Å²) >= 11 is 0. The third-order valence-corrected chi connectivity index (χ3v) is 7.02. The Morgan fingerprint density at radius 2 is 1.87 bits per heavy atom. The summed E-state index contributed by atoms with van der Waals surface area (Å²) in [6.07, 6.45) is 8.19. The van der Waals surface area contributed by atoms with Crippen LogP contribution in [-0.2, 0) is 14.3 Å². The summed E-state index contributed by atoms with van der Waals surface area (Å²) in [6.45, 7) is 9.74. The number of hydrogen-bond donors (Lipinski definition) is 1. The molecule has 5 heteroatoms. The minimum absolute atomic E-state index is 0.0853. The van der Waals surface area contributed by atoms with Crippen molar-refractivity contribution in [2.75, 3.05) is 0 Å². The van der Waals surface area contributed by atoms with Gasteiger partial charge in [-0.2, -0.15) is 0 Å². The zero-order chi connectivity index (χ0) is 22.8. The molecule has 5 nitrogen and oxygen atoms in total. The van der Waals surface area contributed by atoms with Crippen LogP contribution in [-0.4, -0.2) is 28.8 Å². The average Bonchev–Trinajstić information content (AvgIpc) is 2.90. The molecule has 3 rings (SSSR count). The third kappa shape index (κ3) is 5.09. The van der Waals surface area contributed by atoms with E-state index in [-0.39, 0.29) is 29.3 Å². The molecular weight excluding hydrogens is 392 g/mol. The van der Waals surface area contributed by atoms with E-state index in [2.05, 4.69) is 33.8 Å². The van der Waals surface area contributed by atoms with Crippen molar-refractivity contribution in [3.8, 4) is 5.75 Å². The Bertz CT molecular complexity index is 882. The van der Waals surface area contributed by atoms with Crippen LogP contribution in [0, 0.1) is 17.3 Å². The van der Waals surface area contributed by atoms with Crippen LogP contribution in [0.15, 0.2) is 42.0 Å². The molecule has 0 radical (unpaired) electrons. The van der Waals surface area contributed by atoms with Gasteiger partial charge in [0.2, 0.25) is 0 Å². The van der Waals surface area contributed by atoms with E-state index >= 15 is 0 Å². The van der Waals surface area contributed by atoms with Gasteiger partial charge in [0.25, 0.3) is 0 Å². The Morgan fingerprint density at radius 1 is 1.19 bits per heavy atom. The van der Waals surface area contributed by atoms with Crippen molar-refractivity contribution < 1.29 is 24.2 Å². The molecule has 0 bridgehead atoms. The first kappa shape index (κ1) is 23.3. The molecule has 0 saturated heterocycles. The number of aliphatic hydroxyl groups is 1. The van der Waals surface area contributed by atoms with E-state index in [4.69, 9.17) is 9.47 Å². The quantitative estimate of drug-likeness (QED) is 0.308. The highest BCUT2D eigenvalue weighted by Crippen LogP contribution is 2.58. The molecule has 4 atom stereocenters. The summed E-state index contributed by atoms with van der Waals surface area (Å²) in [5.41, 5.74) is 1.07. The van der Waals surface area contributed by atoms with E-state index in [9.17, 15) is 14.7 Å². The molecule has 1 saturated carbocycles. The van der Waals surface area contributed by atoms with E-state index in [1.807, 2.05) is 0 Å². The van der Waals surface area contributed by atoms with Crippen molar-refractivity contribution in [2.24, 2.45) is 17.3 Å². The number of esters is 2. The van der Waals surface area contributed by atoms with Gasteiger partial charge < -0.3 is 14.6 Å². The molecule has 1 fully saturated rings. The van der Waals surface area contributed by atoms with Gasteiger partial charge in [0, 0.05) is 25.3 Å². The van der Waals surface area contributed by atoms with E-state index in [0.29, 0.717) is 12.2 Å². The summed E-state index contributed by atoms with van der Waals surface area (Å²) in [4.78, 5) is 23.7. The van der Waals surface area contributed by atoms with Gasteiger partial charge in [0.15, 0.2) is 0 Å². The van der Waals surface area contributed by atoms with Crippen molar-refractivity contribution in [1.29, 1.82) is 0 Å². The molecule has 0 spiro atoms. The summed E-state index contributed by atoms with van der Waals surface area (Å²) in [5, 5.41) is 11.6. The molecule has 1 aromatic rings. The van der Waals surface area contributed by atoms with Crippen LogP contribution in [0.2, 0.25) is 0 Å². The first-order valence-corrected chi connectivity index (χ1v) is 11.1. The number of hydrogen-bond acceptors (Lipinski definition) is 5. The maximum absolute atomic E-state index is 12.7. The third-order valence-electron chi connectivity index (χ3n) is 7.02. The van der Waals surface area contributed by atoms with E-state index in [1.54, 1.807) is 30.3 Å². The molecule has 1 aromatic carbocycles. The maximum Gasteiger partial charge on any atom is 0.331 e. The van der Waals surface area contributed by atoms with E-state index in [1.165, 1.54) is 18.6 Å². The fourth-order valence-electron chi connectivity index (χ4n) is 5.25. The van der Waals surface area contributed by atoms with Crippen molar-refractivity contribution in [2.45, 2.75) is 72.0 Å². The van der Waals surface area contributed by atoms with Crippen molar-refractivity contribution in [3.63, 3.8) is 0 Å². The zero-order valence-corrected chi connectivity index (χ0v) is 19.2. The number of allylic oxidation sites excluding steroid dienone is 1. The summed E-state index contributed by atoms with van der Waals surface area (Å²) in [5.74, 6) is -0.343. The first-order chi connectivity index (χ1) is 14.5. The Labute approximate surface area is 185 Å². The van der Waals surface area contributed by atoms with E-state index in [0.717, 1.165) is 24.8 Å². The second-order valence-corrected chi connectivity index (χ2v) is 9.71. The molecule has 1 N–H and O–H groups in total. The van der Waals surface area contributed by atoms with E-state index < -0.39 is 11.6 Å². The standard InChI is InChI=1S/C26H34O5/c1-17(2)26(29)15-14-25(5)13-12-18(3)16-22(24(25)26)31-23(28)11-8-20-6-9-21(10-7-20)30-19(4)27/h6-12,17,22,24,29H,13-16H2,1-5H3. The number of ether oxygens (including phenoxy) is 2. The van der Waals surface area contributed by atoms with Crippen LogP contribution >= 0.6 is 0 Å². The maximum atomic E-state index is 12.7. The van der Waals surface area contributed by atoms with Crippen LogP contribution < -0.4 is 4.74 Å². The minimum Gasteiger partial charge on any atom is -0.458 e. The van der Waals surface area contributed by atoms with Crippen molar-refractivity contribution in [1.82, 2.24) is 0 Å². The van der Waals surface area contributed by atoms with Crippen LogP contribution in [0.1, 0.15) is 65.9 Å². The van der Waals surface area contributed by atoms with Crippen LogP contribution in [0.4, 0.5) is 0 Å². The second-order valence-electron chi connectivity index (χ2n) is 9.71. The van der Waals surface area contributed by atoms with Crippen LogP contribution in [0.25, 0.3) is 6.08 Å². The smallest absolute Gasteiger partial charge is 0.331 e. The van der Waals surface area contributed by atoms with Crippen LogP contribution in [0.3, 0.4) is 0 Å². The van der Waals surface area contributed by atoms with Gasteiger partial charge >= 0.3 is 11.9 Å². The fourth-order valence-corrected chi connectivity index (χ4v) is 5.25. The first-order valence-electron chi connectivity index (χ1n) is 11.1. The normalized spacial score (nSPS) is 30.6. The summed E-state index contributed by atoms with van der Waals surface area (Å²) in [6, 6.07) is 6.90. The average molecular weight is 427 g/mol. The highest BCUT2D eigenvalue weighted by atomic mass is 16.5. The Balaban J connectivity index is 1.75. The molecule has 2 aliphatic carbocycles. The minimum atomic E-state index is -0.839. The largest absolute Gasteiger partial charge is 0.458 e. The highest BCUT2D eigenvalue weighted by molar-refractivity contribution is 5.87. The monoisotopic (exact) mass is 426 g/mol. The molecule has 0 aliphatic heterocycles. The lowest BCUT2D eigenvalue weighted by molar-refractivity contribution is -0.160. The van der Waals surface area contributed by atoms with Gasteiger partial charge in [-0.1, -0.05) is 44.6 Å². The Kier molecular flexibility index (Phi) is 6.75. The predicted molar refractivity (Wildman–Crippen MR) is 120 cm³/mol. The van der Waals surface area contributed by atoms with Crippen molar-refractivity contribution >= 4 is 18.0 Å². The van der Waals surface area contributed by atoms with Gasteiger partial charge in [-0.05, 0) is 61.3 Å². The van der Waals surface area contributed by atoms with Gasteiger partial charge in [-0.25, -0.2) is 4.79 Å². The molecule has 31 heavy (non-hydrogen) atoms. The lowest BCUT2D eigenvalue weighted by atomic mass is 9.67. The SMILES string of the molecule is CC(=O)Oc1ccc(C=CC(=O)OC2CC(C)=CCC3(C)CCC(O)(C(C)C)C23)cc1. The fraction of sp³-hybridized carbons (Fsp3) is 0.538. The number of carbonyl (C=O) groups excluding carboxylic acids is 2. The Morgan fingerprint density at radius 3 is 2.48 bits per heavy atom. The highest BCUT2D eigenvalue weighted by Gasteiger charge is 2.59. The Hall–Kier alpha value is -2.40. The molecule has 0 aromatic heterocycles. The summed E-state index contributed by atoms with van der Waals surface area (Å²) < 4.78 is 11.0. The topological polar surface area (TPSA) is 72.8 Å². The molecular formula is C26H34O5. The molecule has 0 heterocycles. The molecule has 168 valence electrons. The number of carbonyl (C=O) groups is 2. The zero-order valence-electron chi connectivity index (χ0n) is 19.2. The lowest BCUT2D eigenvalue weighted by Gasteiger charge is -2.43. The van der Waals surface area contributed by atoms with Crippen LogP contribution in [0.5, 0.6) is 5.75 Å². The number of rotatable bonds is 5. The number of benzene rings is 1. The molecule has 4 unspecified atom stereocenters. The lowest BCUT2D eigenvalue weighted by Crippen LogP contribution is -2.50. The molecule has 2 aliphatic rings. The number of fused-ring (bicyclic) bond motifs is 1. The van der Waals surface area contributed by atoms with Gasteiger partial charge in [-0.15, -0.1) is 0 Å². The van der Waals surface area contributed by atoms with Crippen molar-refractivity contribution in [3.05, 3.63) is 47.6 Å². The predicted octanol–water partition coefficient (Wildman–Crippen LogP) is 5.08. The van der Waals surface area contributed by atoms with Gasteiger partial charge in [0.05, 0.1) is 5.60 Å². The van der Waals surface area contributed by atoms with Gasteiger partial charge in [0.1, 0.15) is 11.9 Å². The second kappa shape index (κ2) is 8.99. The molecule has 0 amide bonds. The van der Waals surface area contributed by atoms with Gasteiger partial charge in [-0.3, -0.25) is 4.79 Å². The summed E-state index contributed by atoms with van der Waals surface area (Å²) in [7, 11) is 0.